The second-order valence-electron chi connectivity index (χ2n) is 5.95. The number of rotatable bonds is 7. The van der Waals surface area contributed by atoms with Crippen LogP contribution in [0.2, 0.25) is 0 Å². The van der Waals surface area contributed by atoms with Crippen molar-refractivity contribution in [1.29, 1.82) is 0 Å². The molecule has 3 nitrogen and oxygen atoms in total. The maximum absolute atomic E-state index is 4.64. The predicted molar refractivity (Wildman–Crippen MR) is 90.9 cm³/mol. The Balaban J connectivity index is 1.49. The smallest absolute Gasteiger partial charge is 0.166 e. The SMILES string of the molecule is CCCNC1CCCC1CCSc1nc2ccccc2[nH]1. The minimum Gasteiger partial charge on any atom is -0.333 e. The Kier molecular flexibility index (Phi) is 5.20. The number of aromatic amines is 1. The van der Waals surface area contributed by atoms with E-state index in [1.54, 1.807) is 0 Å². The van der Waals surface area contributed by atoms with Gasteiger partial charge in [0.2, 0.25) is 0 Å². The molecule has 1 saturated carbocycles. The van der Waals surface area contributed by atoms with Crippen LogP contribution >= 0.6 is 11.8 Å². The highest BCUT2D eigenvalue weighted by atomic mass is 32.2. The average Bonchev–Trinajstić information content (AvgIpc) is 3.11. The molecule has 3 rings (SSSR count). The number of fused-ring (bicyclic) bond motifs is 1. The molecule has 0 radical (unpaired) electrons. The number of imidazole rings is 1. The quantitative estimate of drug-likeness (QED) is 0.753. The summed E-state index contributed by atoms with van der Waals surface area (Å²) in [7, 11) is 0. The first-order chi connectivity index (χ1) is 10.4. The zero-order valence-electron chi connectivity index (χ0n) is 12.8. The Labute approximate surface area is 131 Å². The molecule has 2 N–H and O–H groups in total. The molecule has 0 bridgehead atoms. The first-order valence-electron chi connectivity index (χ1n) is 8.17. The van der Waals surface area contributed by atoms with E-state index in [0.29, 0.717) is 0 Å². The van der Waals surface area contributed by atoms with Gasteiger partial charge in [-0.3, -0.25) is 0 Å². The van der Waals surface area contributed by atoms with Crippen LogP contribution in [-0.4, -0.2) is 28.3 Å². The maximum Gasteiger partial charge on any atom is 0.166 e. The number of nitrogens with zero attached hydrogens (tertiary/aromatic N) is 1. The van der Waals surface area contributed by atoms with E-state index >= 15 is 0 Å². The van der Waals surface area contributed by atoms with E-state index in [0.717, 1.165) is 40.4 Å². The van der Waals surface area contributed by atoms with Crippen LogP contribution in [0.4, 0.5) is 0 Å². The van der Waals surface area contributed by atoms with Crippen LogP contribution in [0.5, 0.6) is 0 Å². The zero-order valence-corrected chi connectivity index (χ0v) is 13.6. The van der Waals surface area contributed by atoms with Gasteiger partial charge >= 0.3 is 0 Å². The summed E-state index contributed by atoms with van der Waals surface area (Å²) < 4.78 is 0. The second kappa shape index (κ2) is 7.32. The molecule has 1 aromatic carbocycles. The molecular formula is C17H25N3S. The fraction of sp³-hybridized carbons (Fsp3) is 0.588. The number of thioether (sulfide) groups is 1. The van der Waals surface area contributed by atoms with Gasteiger partial charge in [-0.15, -0.1) is 0 Å². The number of H-pyrrole nitrogens is 1. The van der Waals surface area contributed by atoms with Crippen molar-refractivity contribution >= 4 is 22.8 Å². The summed E-state index contributed by atoms with van der Waals surface area (Å²) >= 11 is 1.86. The molecule has 2 unspecified atom stereocenters. The molecule has 0 amide bonds. The van der Waals surface area contributed by atoms with Crippen molar-refractivity contribution in [3.8, 4) is 0 Å². The third-order valence-electron chi connectivity index (χ3n) is 4.41. The van der Waals surface area contributed by atoms with Crippen molar-refractivity contribution in [2.75, 3.05) is 12.3 Å². The molecule has 2 atom stereocenters. The summed E-state index contributed by atoms with van der Waals surface area (Å²) in [6.45, 7) is 3.41. The number of aromatic nitrogens is 2. The van der Waals surface area contributed by atoms with E-state index in [4.69, 9.17) is 0 Å². The first kappa shape index (κ1) is 14.9. The number of nitrogens with one attached hydrogen (secondary N) is 2. The number of hydrogen-bond acceptors (Lipinski definition) is 3. The van der Waals surface area contributed by atoms with Crippen LogP contribution < -0.4 is 5.32 Å². The molecule has 1 heterocycles. The molecule has 114 valence electrons. The van der Waals surface area contributed by atoms with Gasteiger partial charge in [-0.2, -0.15) is 0 Å². The lowest BCUT2D eigenvalue weighted by Gasteiger charge is -2.20. The Morgan fingerprint density at radius 3 is 3.10 bits per heavy atom. The third kappa shape index (κ3) is 3.80. The molecule has 1 aromatic heterocycles. The summed E-state index contributed by atoms with van der Waals surface area (Å²) in [5.41, 5.74) is 2.21. The average molecular weight is 303 g/mol. The molecule has 0 saturated heterocycles. The van der Waals surface area contributed by atoms with Crippen molar-refractivity contribution in [2.24, 2.45) is 5.92 Å². The molecule has 1 aliphatic rings. The molecule has 0 spiro atoms. The Morgan fingerprint density at radius 2 is 2.24 bits per heavy atom. The van der Waals surface area contributed by atoms with E-state index in [2.05, 4.69) is 40.4 Å². The minimum atomic E-state index is 0.751. The van der Waals surface area contributed by atoms with Gasteiger partial charge in [0, 0.05) is 11.8 Å². The Hall–Kier alpha value is -1.00. The maximum atomic E-state index is 4.64. The number of hydrogen-bond donors (Lipinski definition) is 2. The summed E-state index contributed by atoms with van der Waals surface area (Å²) in [6, 6.07) is 9.00. The highest BCUT2D eigenvalue weighted by Crippen LogP contribution is 2.30. The standard InChI is InChI=1S/C17H25N3S/c1-2-11-18-14-9-5-6-13(14)10-12-21-17-19-15-7-3-4-8-16(15)20-17/h3-4,7-8,13-14,18H,2,5-6,9-12H2,1H3,(H,19,20). The molecule has 0 aliphatic heterocycles. The summed E-state index contributed by atoms with van der Waals surface area (Å²) in [5.74, 6) is 2.02. The van der Waals surface area contributed by atoms with E-state index in [-0.39, 0.29) is 0 Å². The van der Waals surface area contributed by atoms with Crippen molar-refractivity contribution in [2.45, 2.75) is 50.2 Å². The van der Waals surface area contributed by atoms with Crippen LogP contribution in [0.3, 0.4) is 0 Å². The van der Waals surface area contributed by atoms with Crippen LogP contribution in [0.25, 0.3) is 11.0 Å². The van der Waals surface area contributed by atoms with Gasteiger partial charge in [-0.25, -0.2) is 4.98 Å². The lowest BCUT2D eigenvalue weighted by atomic mass is 10.0. The van der Waals surface area contributed by atoms with Gasteiger partial charge in [0.25, 0.3) is 0 Å². The van der Waals surface area contributed by atoms with Crippen molar-refractivity contribution < 1.29 is 0 Å². The fourth-order valence-corrected chi connectivity index (χ4v) is 4.24. The zero-order chi connectivity index (χ0) is 14.5. The van der Waals surface area contributed by atoms with Crippen molar-refractivity contribution in [1.82, 2.24) is 15.3 Å². The van der Waals surface area contributed by atoms with E-state index < -0.39 is 0 Å². The monoisotopic (exact) mass is 303 g/mol. The second-order valence-corrected chi connectivity index (χ2v) is 7.03. The molecular weight excluding hydrogens is 278 g/mol. The third-order valence-corrected chi connectivity index (χ3v) is 5.32. The van der Waals surface area contributed by atoms with Gasteiger partial charge in [-0.1, -0.05) is 37.2 Å². The van der Waals surface area contributed by atoms with E-state index in [9.17, 15) is 0 Å². The fourth-order valence-electron chi connectivity index (χ4n) is 3.29. The summed E-state index contributed by atoms with van der Waals surface area (Å²) in [4.78, 5) is 8.04. The van der Waals surface area contributed by atoms with Gasteiger partial charge in [0.15, 0.2) is 5.16 Å². The van der Waals surface area contributed by atoms with Crippen LogP contribution in [-0.2, 0) is 0 Å². The van der Waals surface area contributed by atoms with E-state index in [1.165, 1.54) is 32.1 Å². The topological polar surface area (TPSA) is 40.7 Å². The molecule has 1 aliphatic carbocycles. The van der Waals surface area contributed by atoms with Gasteiger partial charge < -0.3 is 10.3 Å². The van der Waals surface area contributed by atoms with Crippen LogP contribution in [0.15, 0.2) is 29.4 Å². The Bertz CT molecular complexity index is 533. The lowest BCUT2D eigenvalue weighted by Crippen LogP contribution is -2.33. The summed E-state index contributed by atoms with van der Waals surface area (Å²) in [5, 5.41) is 4.78. The number of benzene rings is 1. The van der Waals surface area contributed by atoms with Crippen molar-refractivity contribution in [3.63, 3.8) is 0 Å². The Morgan fingerprint density at radius 1 is 1.33 bits per heavy atom. The highest BCUT2D eigenvalue weighted by Gasteiger charge is 2.26. The lowest BCUT2D eigenvalue weighted by molar-refractivity contribution is 0.393. The highest BCUT2D eigenvalue weighted by molar-refractivity contribution is 7.99. The summed E-state index contributed by atoms with van der Waals surface area (Å²) in [6.07, 6.45) is 6.67. The van der Waals surface area contributed by atoms with Gasteiger partial charge in [0.1, 0.15) is 0 Å². The van der Waals surface area contributed by atoms with Crippen molar-refractivity contribution in [3.05, 3.63) is 24.3 Å². The minimum absolute atomic E-state index is 0.751. The van der Waals surface area contributed by atoms with Gasteiger partial charge in [0.05, 0.1) is 11.0 Å². The predicted octanol–water partition coefficient (Wildman–Crippen LogP) is 4.21. The van der Waals surface area contributed by atoms with E-state index in [1.807, 2.05) is 17.8 Å². The molecule has 1 fully saturated rings. The first-order valence-corrected chi connectivity index (χ1v) is 9.16. The molecule has 4 heteroatoms. The normalized spacial score (nSPS) is 22.1. The largest absolute Gasteiger partial charge is 0.333 e. The van der Waals surface area contributed by atoms with Gasteiger partial charge in [-0.05, 0) is 50.3 Å². The number of para-hydroxylation sites is 2. The molecule has 21 heavy (non-hydrogen) atoms. The van der Waals surface area contributed by atoms with Crippen LogP contribution in [0.1, 0.15) is 39.0 Å². The van der Waals surface area contributed by atoms with Crippen LogP contribution in [0, 0.1) is 5.92 Å². The molecule has 2 aromatic rings.